The first-order valence-corrected chi connectivity index (χ1v) is 9.90. The minimum Gasteiger partial charge on any atom is -0.304 e. The predicted molar refractivity (Wildman–Crippen MR) is 114 cm³/mol. The van der Waals surface area contributed by atoms with Crippen LogP contribution in [0.5, 0.6) is 0 Å². The van der Waals surface area contributed by atoms with Crippen molar-refractivity contribution in [3.05, 3.63) is 118 Å². The molecule has 2 aromatic rings. The fraction of sp³-hybridized carbons (Fsp3) is 0.0833. The van der Waals surface area contributed by atoms with E-state index in [1.165, 1.54) is 5.57 Å². The standard InChI is InChI=1S/C24H19NO2S/c26-22(18-8-3-1-4-9-18)15-14-21-16-20-12-7-13-24(20)28-25(21)17-23(27)19-10-5-2-6-11-19/h1-11,13-16H,12,17H2. The van der Waals surface area contributed by atoms with Gasteiger partial charge in [0.15, 0.2) is 11.6 Å². The molecule has 2 aromatic carbocycles. The van der Waals surface area contributed by atoms with E-state index in [2.05, 4.69) is 18.2 Å². The van der Waals surface area contributed by atoms with Gasteiger partial charge in [-0.05, 0) is 42.2 Å². The average molecular weight is 385 g/mol. The zero-order valence-electron chi connectivity index (χ0n) is 15.2. The highest BCUT2D eigenvalue weighted by Crippen LogP contribution is 2.39. The molecule has 0 spiro atoms. The lowest BCUT2D eigenvalue weighted by atomic mass is 10.1. The second kappa shape index (κ2) is 8.28. The van der Waals surface area contributed by atoms with Crippen LogP contribution in [0.25, 0.3) is 0 Å². The number of rotatable bonds is 6. The Morgan fingerprint density at radius 2 is 1.64 bits per heavy atom. The van der Waals surface area contributed by atoms with E-state index >= 15 is 0 Å². The first-order valence-electron chi connectivity index (χ1n) is 9.13. The summed E-state index contributed by atoms with van der Waals surface area (Å²) in [6, 6.07) is 18.5. The van der Waals surface area contributed by atoms with Gasteiger partial charge in [-0.2, -0.15) is 0 Å². The molecule has 4 rings (SSSR count). The molecule has 0 atom stereocenters. The van der Waals surface area contributed by atoms with Gasteiger partial charge in [-0.15, -0.1) is 0 Å². The summed E-state index contributed by atoms with van der Waals surface area (Å²) >= 11 is 1.56. The number of Topliss-reactive ketones (excluding diaryl/α,β-unsaturated/α-hetero) is 1. The van der Waals surface area contributed by atoms with Gasteiger partial charge in [0.1, 0.15) is 0 Å². The van der Waals surface area contributed by atoms with E-state index in [1.807, 2.05) is 58.9 Å². The molecule has 1 aliphatic carbocycles. The Bertz CT molecular complexity index is 1020. The number of ketones is 2. The number of benzene rings is 2. The smallest absolute Gasteiger partial charge is 0.185 e. The van der Waals surface area contributed by atoms with Gasteiger partial charge in [-0.1, -0.05) is 72.8 Å². The van der Waals surface area contributed by atoms with E-state index < -0.39 is 0 Å². The molecule has 0 fully saturated rings. The molecule has 4 heteroatoms. The highest BCUT2D eigenvalue weighted by atomic mass is 32.2. The Morgan fingerprint density at radius 1 is 0.964 bits per heavy atom. The van der Waals surface area contributed by atoms with Crippen molar-refractivity contribution in [2.24, 2.45) is 0 Å². The predicted octanol–water partition coefficient (Wildman–Crippen LogP) is 5.37. The Morgan fingerprint density at radius 3 is 2.36 bits per heavy atom. The zero-order chi connectivity index (χ0) is 19.3. The lowest BCUT2D eigenvalue weighted by Crippen LogP contribution is -2.24. The molecule has 1 aliphatic heterocycles. The fourth-order valence-electron chi connectivity index (χ4n) is 3.10. The van der Waals surface area contributed by atoms with Crippen LogP contribution in [0.1, 0.15) is 27.1 Å². The minimum atomic E-state index is -0.0508. The molecule has 0 saturated carbocycles. The fourth-order valence-corrected chi connectivity index (χ4v) is 4.16. The van der Waals surface area contributed by atoms with Crippen molar-refractivity contribution in [2.45, 2.75) is 6.42 Å². The van der Waals surface area contributed by atoms with Crippen molar-refractivity contribution >= 4 is 23.5 Å². The van der Waals surface area contributed by atoms with Crippen LogP contribution in [0.4, 0.5) is 0 Å². The van der Waals surface area contributed by atoms with Crippen molar-refractivity contribution in [2.75, 3.05) is 6.54 Å². The summed E-state index contributed by atoms with van der Waals surface area (Å²) in [5.41, 5.74) is 3.42. The van der Waals surface area contributed by atoms with Crippen molar-refractivity contribution < 1.29 is 9.59 Å². The Balaban J connectivity index is 1.55. The summed E-state index contributed by atoms with van der Waals surface area (Å²) in [6.07, 6.45) is 10.5. The minimum absolute atomic E-state index is 0.0489. The molecule has 2 aliphatic rings. The second-order valence-electron chi connectivity index (χ2n) is 6.55. The average Bonchev–Trinajstić information content (AvgIpc) is 3.20. The summed E-state index contributed by atoms with van der Waals surface area (Å²) in [5.74, 6) is -0.00188. The van der Waals surface area contributed by atoms with Gasteiger partial charge in [0.25, 0.3) is 0 Å². The summed E-state index contributed by atoms with van der Waals surface area (Å²) in [6.45, 7) is 0.245. The maximum absolute atomic E-state index is 12.7. The van der Waals surface area contributed by atoms with E-state index in [4.69, 9.17) is 0 Å². The molecule has 138 valence electrons. The largest absolute Gasteiger partial charge is 0.304 e. The molecule has 0 amide bonds. The van der Waals surface area contributed by atoms with Crippen molar-refractivity contribution in [3.63, 3.8) is 0 Å². The topological polar surface area (TPSA) is 37.4 Å². The lowest BCUT2D eigenvalue weighted by Gasteiger charge is -2.28. The van der Waals surface area contributed by atoms with E-state index in [0.717, 1.165) is 17.0 Å². The molecule has 0 saturated heterocycles. The number of hydrogen-bond acceptors (Lipinski definition) is 4. The van der Waals surface area contributed by atoms with Crippen molar-refractivity contribution in [1.29, 1.82) is 0 Å². The van der Waals surface area contributed by atoms with Gasteiger partial charge < -0.3 is 4.31 Å². The van der Waals surface area contributed by atoms with Gasteiger partial charge in [0.2, 0.25) is 0 Å². The van der Waals surface area contributed by atoms with Crippen LogP contribution in [0.2, 0.25) is 0 Å². The first kappa shape index (κ1) is 18.3. The number of carbonyl (C=O) groups is 2. The highest BCUT2D eigenvalue weighted by molar-refractivity contribution is 8.01. The maximum atomic E-state index is 12.7. The van der Waals surface area contributed by atoms with Crippen LogP contribution in [-0.4, -0.2) is 22.4 Å². The first-order chi connectivity index (χ1) is 13.7. The van der Waals surface area contributed by atoms with Crippen molar-refractivity contribution in [3.8, 4) is 0 Å². The van der Waals surface area contributed by atoms with Crippen LogP contribution in [0.3, 0.4) is 0 Å². The number of allylic oxidation sites excluding steroid dienone is 6. The van der Waals surface area contributed by atoms with Gasteiger partial charge in [0.05, 0.1) is 6.54 Å². The van der Waals surface area contributed by atoms with Crippen LogP contribution < -0.4 is 0 Å². The molecule has 1 heterocycles. The van der Waals surface area contributed by atoms with E-state index in [-0.39, 0.29) is 18.1 Å². The Kier molecular flexibility index (Phi) is 5.40. The van der Waals surface area contributed by atoms with Gasteiger partial charge in [-0.25, -0.2) is 0 Å². The molecule has 0 bridgehead atoms. The molecular formula is C24H19NO2S. The van der Waals surface area contributed by atoms with Crippen LogP contribution >= 0.6 is 11.9 Å². The van der Waals surface area contributed by atoms with Crippen LogP contribution in [-0.2, 0) is 0 Å². The molecule has 3 nitrogen and oxygen atoms in total. The summed E-state index contributed by atoms with van der Waals surface area (Å²) in [4.78, 5) is 26.3. The van der Waals surface area contributed by atoms with Crippen molar-refractivity contribution in [1.82, 2.24) is 4.31 Å². The van der Waals surface area contributed by atoms with Gasteiger partial charge in [-0.3, -0.25) is 9.59 Å². The van der Waals surface area contributed by atoms with E-state index in [1.54, 1.807) is 30.2 Å². The van der Waals surface area contributed by atoms with E-state index in [0.29, 0.717) is 11.1 Å². The third kappa shape index (κ3) is 4.07. The SMILES string of the molecule is O=C(C=CC1=CC2=C(C=CC2)SN1CC(=O)c1ccccc1)c1ccccc1. The lowest BCUT2D eigenvalue weighted by molar-refractivity contribution is 0.0977. The number of carbonyl (C=O) groups excluding carboxylic acids is 2. The Hall–Kier alpha value is -3.11. The van der Waals surface area contributed by atoms with Crippen LogP contribution in [0, 0.1) is 0 Å². The zero-order valence-corrected chi connectivity index (χ0v) is 16.1. The molecule has 0 aromatic heterocycles. The third-order valence-corrected chi connectivity index (χ3v) is 5.74. The summed E-state index contributed by atoms with van der Waals surface area (Å²) in [5, 5.41) is 0. The quantitative estimate of drug-likeness (QED) is 0.381. The second-order valence-corrected chi connectivity index (χ2v) is 7.61. The van der Waals surface area contributed by atoms with Gasteiger partial charge >= 0.3 is 0 Å². The summed E-state index contributed by atoms with van der Waals surface area (Å²) < 4.78 is 1.96. The van der Waals surface area contributed by atoms with Gasteiger partial charge in [0, 0.05) is 21.7 Å². The highest BCUT2D eigenvalue weighted by Gasteiger charge is 2.23. The monoisotopic (exact) mass is 385 g/mol. The Labute approximate surface area is 168 Å². The number of hydrogen-bond donors (Lipinski definition) is 0. The normalized spacial score (nSPS) is 15.7. The maximum Gasteiger partial charge on any atom is 0.185 e. The van der Waals surface area contributed by atoms with E-state index in [9.17, 15) is 9.59 Å². The molecule has 28 heavy (non-hydrogen) atoms. The molecule has 0 unspecified atom stereocenters. The molecule has 0 N–H and O–H groups in total. The van der Waals surface area contributed by atoms with Crippen LogP contribution in [0.15, 0.2) is 107 Å². The number of nitrogens with zero attached hydrogens (tertiary/aromatic N) is 1. The third-order valence-electron chi connectivity index (χ3n) is 4.59. The molecule has 0 radical (unpaired) electrons. The molecular weight excluding hydrogens is 366 g/mol. The summed E-state index contributed by atoms with van der Waals surface area (Å²) in [7, 11) is 0.